The molecule has 1 saturated heterocycles. The van der Waals surface area contributed by atoms with E-state index >= 15 is 0 Å². The predicted molar refractivity (Wildman–Crippen MR) is 114 cm³/mol. The fourth-order valence-electron chi connectivity index (χ4n) is 3.68. The number of imidazole rings is 2. The summed E-state index contributed by atoms with van der Waals surface area (Å²) < 4.78 is 2.04. The average Bonchev–Trinajstić information content (AvgIpc) is 3.44. The normalized spacial score (nSPS) is 15.3. The van der Waals surface area contributed by atoms with E-state index in [2.05, 4.69) is 24.8 Å². The van der Waals surface area contributed by atoms with Crippen molar-refractivity contribution in [1.82, 2.24) is 29.3 Å². The summed E-state index contributed by atoms with van der Waals surface area (Å²) in [5, 5.41) is 0.450. The van der Waals surface area contributed by atoms with Crippen LogP contribution in [0.1, 0.15) is 24.6 Å². The Morgan fingerprint density at radius 3 is 2.72 bits per heavy atom. The zero-order valence-electron chi connectivity index (χ0n) is 15.5. The number of nitrogens with zero attached hydrogens (tertiary/aromatic N) is 6. The van der Waals surface area contributed by atoms with Gasteiger partial charge in [0.1, 0.15) is 11.6 Å². The van der Waals surface area contributed by atoms with Crippen LogP contribution in [0.3, 0.4) is 0 Å². The van der Waals surface area contributed by atoms with Crippen LogP contribution < -0.4 is 10.6 Å². The molecule has 0 aromatic carbocycles. The largest absolute Gasteiger partial charge is 0.382 e. The van der Waals surface area contributed by atoms with E-state index in [1.165, 1.54) is 11.8 Å². The van der Waals surface area contributed by atoms with Crippen LogP contribution in [-0.2, 0) is 0 Å². The highest BCUT2D eigenvalue weighted by Gasteiger charge is 2.25. The minimum atomic E-state index is 0.319. The van der Waals surface area contributed by atoms with Crippen LogP contribution in [0, 0.1) is 0 Å². The molecule has 1 fully saturated rings. The third-order valence-electron chi connectivity index (χ3n) is 5.16. The van der Waals surface area contributed by atoms with Crippen molar-refractivity contribution in [2.24, 2.45) is 0 Å². The fourth-order valence-corrected chi connectivity index (χ4v) is 4.82. The Balaban J connectivity index is 1.40. The molecule has 1 aliphatic heterocycles. The van der Waals surface area contributed by atoms with E-state index in [4.69, 9.17) is 22.3 Å². The monoisotopic (exact) mass is 426 g/mol. The Kier molecular flexibility index (Phi) is 4.76. The Labute approximate surface area is 176 Å². The van der Waals surface area contributed by atoms with Crippen molar-refractivity contribution in [3.8, 4) is 0 Å². The molecular weight excluding hydrogens is 408 g/mol. The molecule has 8 nitrogen and oxygen atoms in total. The first-order valence-electron chi connectivity index (χ1n) is 9.35. The number of piperidine rings is 1. The van der Waals surface area contributed by atoms with Gasteiger partial charge in [0.2, 0.25) is 5.95 Å². The molecule has 5 heterocycles. The SMILES string of the molecule is Nc1nccc(Sc2cnc(N3CCC(c4ncc[nH]4)CC3)n3ccnc23)c1Cl. The van der Waals surface area contributed by atoms with Crippen molar-refractivity contribution in [3.05, 3.63) is 54.1 Å². The molecule has 0 atom stereocenters. The molecule has 0 spiro atoms. The molecule has 0 aliphatic carbocycles. The van der Waals surface area contributed by atoms with E-state index in [9.17, 15) is 0 Å². The van der Waals surface area contributed by atoms with Gasteiger partial charge in [0.15, 0.2) is 5.65 Å². The van der Waals surface area contributed by atoms with Gasteiger partial charge in [0.05, 0.1) is 9.92 Å². The first-order chi connectivity index (χ1) is 14.2. The number of aromatic amines is 1. The maximum atomic E-state index is 6.31. The van der Waals surface area contributed by atoms with Gasteiger partial charge in [-0.2, -0.15) is 0 Å². The predicted octanol–water partition coefficient (Wildman–Crippen LogP) is 3.62. The van der Waals surface area contributed by atoms with E-state index in [0.29, 0.717) is 16.8 Å². The van der Waals surface area contributed by atoms with Crippen LogP contribution in [0.4, 0.5) is 11.8 Å². The van der Waals surface area contributed by atoms with Gasteiger partial charge in [-0.05, 0) is 18.9 Å². The summed E-state index contributed by atoms with van der Waals surface area (Å²) in [4.78, 5) is 25.0. The molecule has 0 amide bonds. The number of nitrogen functional groups attached to an aromatic ring is 1. The quantitative estimate of drug-likeness (QED) is 0.513. The summed E-state index contributed by atoms with van der Waals surface area (Å²) in [6.45, 7) is 1.84. The summed E-state index contributed by atoms with van der Waals surface area (Å²) in [5.41, 5.74) is 6.68. The van der Waals surface area contributed by atoms with Gasteiger partial charge in [-0.15, -0.1) is 0 Å². The van der Waals surface area contributed by atoms with Crippen molar-refractivity contribution in [3.63, 3.8) is 0 Å². The Morgan fingerprint density at radius 1 is 1.07 bits per heavy atom. The number of nitrogens with two attached hydrogens (primary N) is 1. The molecule has 10 heteroatoms. The molecule has 0 bridgehead atoms. The molecule has 148 valence electrons. The Morgan fingerprint density at radius 2 is 1.93 bits per heavy atom. The lowest BCUT2D eigenvalue weighted by Gasteiger charge is -2.32. The van der Waals surface area contributed by atoms with Gasteiger partial charge in [-0.25, -0.2) is 19.9 Å². The number of pyridine rings is 1. The van der Waals surface area contributed by atoms with Crippen LogP contribution in [0.2, 0.25) is 5.02 Å². The number of rotatable bonds is 4. The second-order valence-electron chi connectivity index (χ2n) is 6.89. The summed E-state index contributed by atoms with van der Waals surface area (Å²) in [7, 11) is 0. The van der Waals surface area contributed by atoms with E-state index in [-0.39, 0.29) is 0 Å². The summed E-state index contributed by atoms with van der Waals surface area (Å²) >= 11 is 7.79. The van der Waals surface area contributed by atoms with Crippen molar-refractivity contribution >= 4 is 40.8 Å². The van der Waals surface area contributed by atoms with Crippen molar-refractivity contribution in [2.75, 3.05) is 23.7 Å². The van der Waals surface area contributed by atoms with Crippen molar-refractivity contribution in [1.29, 1.82) is 0 Å². The molecule has 4 aromatic rings. The van der Waals surface area contributed by atoms with E-state index in [1.54, 1.807) is 12.4 Å². The van der Waals surface area contributed by atoms with Crippen molar-refractivity contribution in [2.45, 2.75) is 28.6 Å². The first kappa shape index (κ1) is 18.3. The topological polar surface area (TPSA) is 101 Å². The molecule has 3 N–H and O–H groups in total. The second kappa shape index (κ2) is 7.57. The van der Waals surface area contributed by atoms with E-state index < -0.39 is 0 Å². The molecule has 5 rings (SSSR count). The summed E-state index contributed by atoms with van der Waals surface area (Å²) in [5.74, 6) is 2.76. The number of halogens is 1. The molecule has 0 saturated carbocycles. The number of H-pyrrole nitrogens is 1. The number of hydrogen-bond donors (Lipinski definition) is 2. The molecule has 4 aromatic heterocycles. The molecule has 0 unspecified atom stereocenters. The fraction of sp³-hybridized carbons (Fsp3) is 0.263. The number of nitrogens with one attached hydrogen (secondary N) is 1. The highest BCUT2D eigenvalue weighted by atomic mass is 35.5. The van der Waals surface area contributed by atoms with Crippen molar-refractivity contribution < 1.29 is 0 Å². The van der Waals surface area contributed by atoms with E-state index in [0.717, 1.165) is 53.1 Å². The van der Waals surface area contributed by atoms with Gasteiger partial charge in [-0.3, -0.25) is 4.40 Å². The highest BCUT2D eigenvalue weighted by Crippen LogP contribution is 2.37. The highest BCUT2D eigenvalue weighted by molar-refractivity contribution is 7.99. The minimum Gasteiger partial charge on any atom is -0.382 e. The Bertz CT molecular complexity index is 1130. The maximum Gasteiger partial charge on any atom is 0.211 e. The van der Waals surface area contributed by atoms with Gasteiger partial charge in [-0.1, -0.05) is 23.4 Å². The van der Waals surface area contributed by atoms with Gasteiger partial charge >= 0.3 is 0 Å². The number of fused-ring (bicyclic) bond motifs is 1. The van der Waals surface area contributed by atoms with Crippen LogP contribution >= 0.6 is 23.4 Å². The lowest BCUT2D eigenvalue weighted by Crippen LogP contribution is -2.35. The maximum absolute atomic E-state index is 6.31. The Hall–Kier alpha value is -2.78. The number of hydrogen-bond acceptors (Lipinski definition) is 7. The molecule has 1 aliphatic rings. The lowest BCUT2D eigenvalue weighted by molar-refractivity contribution is 0.482. The lowest BCUT2D eigenvalue weighted by atomic mass is 9.96. The molecule has 29 heavy (non-hydrogen) atoms. The number of aromatic nitrogens is 6. The standard InChI is InChI=1S/C19H19ClN8S/c20-15-13(1-4-22-16(15)21)29-14-11-26-19(28-10-7-25-18(14)28)27-8-2-12(3-9-27)17-23-5-6-24-17/h1,4-7,10-12H,2-3,8-9H2,(H2,21,22)(H,23,24). The second-order valence-corrected chi connectivity index (χ2v) is 8.35. The average molecular weight is 427 g/mol. The third kappa shape index (κ3) is 3.40. The van der Waals surface area contributed by atoms with Gasteiger partial charge in [0, 0.05) is 61.1 Å². The third-order valence-corrected chi connectivity index (χ3v) is 6.74. The smallest absolute Gasteiger partial charge is 0.211 e. The van der Waals surface area contributed by atoms with E-state index in [1.807, 2.05) is 35.3 Å². The van der Waals surface area contributed by atoms with Crippen LogP contribution in [0.5, 0.6) is 0 Å². The zero-order chi connectivity index (χ0) is 19.8. The van der Waals surface area contributed by atoms with Crippen LogP contribution in [0.25, 0.3) is 5.65 Å². The minimum absolute atomic E-state index is 0.319. The summed E-state index contributed by atoms with van der Waals surface area (Å²) in [6, 6.07) is 1.84. The van der Waals surface area contributed by atoms with Crippen LogP contribution in [-0.4, -0.2) is 42.4 Å². The number of anilines is 2. The molecular formula is C19H19ClN8S. The van der Waals surface area contributed by atoms with Crippen LogP contribution in [0.15, 0.2) is 53.0 Å². The first-order valence-corrected chi connectivity index (χ1v) is 10.5. The summed E-state index contributed by atoms with van der Waals surface area (Å²) in [6.07, 6.45) is 13.0. The zero-order valence-corrected chi connectivity index (χ0v) is 17.1. The van der Waals surface area contributed by atoms with Gasteiger partial charge < -0.3 is 15.6 Å². The molecule has 0 radical (unpaired) electrons. The van der Waals surface area contributed by atoms with Gasteiger partial charge in [0.25, 0.3) is 0 Å².